The summed E-state index contributed by atoms with van der Waals surface area (Å²) in [6, 6.07) is -0.366. The first-order valence-corrected chi connectivity index (χ1v) is 12.7. The first-order chi connectivity index (χ1) is 16.3. The van der Waals surface area contributed by atoms with Crippen molar-refractivity contribution in [2.24, 2.45) is 5.41 Å². The Hall–Kier alpha value is -1.68. The molecule has 15 heteroatoms. The van der Waals surface area contributed by atoms with Crippen molar-refractivity contribution in [2.45, 2.75) is 45.5 Å². The van der Waals surface area contributed by atoms with E-state index in [1.54, 1.807) is 13.8 Å². The van der Waals surface area contributed by atoms with Gasteiger partial charge >= 0.3 is 17.5 Å². The summed E-state index contributed by atoms with van der Waals surface area (Å²) in [7, 11) is -5.44. The van der Waals surface area contributed by atoms with Crippen molar-refractivity contribution >= 4 is 22.0 Å². The first kappa shape index (κ1) is 33.3. The molecular weight excluding hydrogens is 499 g/mol. The molecule has 0 saturated heterocycles. The molecule has 0 unspecified atom stereocenters. The molecule has 0 saturated carbocycles. The third-order valence-electron chi connectivity index (χ3n) is 4.55. The number of alkyl halides is 3. The molecule has 0 bridgehead atoms. The molecule has 0 aromatic carbocycles. The predicted molar refractivity (Wildman–Crippen MR) is 121 cm³/mol. The van der Waals surface area contributed by atoms with Crippen LogP contribution < -0.4 is 10.6 Å². The average Bonchev–Trinajstić information content (AvgIpc) is 2.78. The van der Waals surface area contributed by atoms with Crippen LogP contribution in [0.5, 0.6) is 0 Å². The fourth-order valence-electron chi connectivity index (χ4n) is 2.05. The molecule has 0 aliphatic rings. The summed E-state index contributed by atoms with van der Waals surface area (Å²) >= 11 is 0. The van der Waals surface area contributed by atoms with E-state index in [1.807, 2.05) is 6.92 Å². The lowest BCUT2D eigenvalue weighted by Gasteiger charge is -2.21. The third kappa shape index (κ3) is 16.6. The Labute approximate surface area is 204 Å². The second-order valence-electron chi connectivity index (χ2n) is 7.87. The number of carbonyl (C=O) groups is 2. The van der Waals surface area contributed by atoms with Gasteiger partial charge in [-0.3, -0.25) is 4.79 Å². The fourth-order valence-corrected chi connectivity index (χ4v) is 2.57. The van der Waals surface area contributed by atoms with E-state index < -0.39 is 27.5 Å². The number of nitrogens with one attached hydrogen (secondary N) is 2. The monoisotopic (exact) mass is 536 g/mol. The molecule has 0 aliphatic carbocycles. The predicted octanol–water partition coefficient (Wildman–Crippen LogP) is 2.32. The molecule has 208 valence electrons. The standard InChI is InChI=1S/C20H37F3N3O8S/c1-4-19(2,3)17(27)34-12-9-25-18(28)24-7-5-10-31-13-15-33-16-14-32-11-6-8-26-35(29,30)20(21,22)23/h4-16H2,1-3H3,(H2,24,25,28)/q-1. The Morgan fingerprint density at radius 2 is 1.34 bits per heavy atom. The van der Waals surface area contributed by atoms with Gasteiger partial charge in [-0.25, -0.2) is 13.2 Å². The fraction of sp³-hybridized carbons (Fsp3) is 0.900. The highest BCUT2D eigenvalue weighted by molar-refractivity contribution is 7.94. The zero-order chi connectivity index (χ0) is 26.8. The van der Waals surface area contributed by atoms with Crippen LogP contribution in [0.2, 0.25) is 0 Å². The Kier molecular flexibility index (Phi) is 16.9. The summed E-state index contributed by atoms with van der Waals surface area (Å²) in [6.07, 6.45) is 1.29. The highest BCUT2D eigenvalue weighted by Gasteiger charge is 2.38. The van der Waals surface area contributed by atoms with Crippen molar-refractivity contribution in [3.05, 3.63) is 4.72 Å². The molecule has 0 aliphatic heterocycles. The lowest BCUT2D eigenvalue weighted by Crippen LogP contribution is -2.38. The van der Waals surface area contributed by atoms with E-state index in [0.717, 1.165) is 0 Å². The van der Waals surface area contributed by atoms with Gasteiger partial charge in [0.1, 0.15) is 6.61 Å². The van der Waals surface area contributed by atoms with Crippen LogP contribution in [-0.4, -0.2) is 91.8 Å². The van der Waals surface area contributed by atoms with Gasteiger partial charge in [-0.1, -0.05) is 6.92 Å². The van der Waals surface area contributed by atoms with Gasteiger partial charge in [0.05, 0.1) is 38.4 Å². The minimum Gasteiger partial charge on any atom is -0.541 e. The Balaban J connectivity index is 3.43. The molecule has 2 amide bonds. The Morgan fingerprint density at radius 3 is 1.89 bits per heavy atom. The average molecular weight is 537 g/mol. The zero-order valence-electron chi connectivity index (χ0n) is 20.4. The quantitative estimate of drug-likeness (QED) is 0.178. The van der Waals surface area contributed by atoms with Crippen LogP contribution in [0.3, 0.4) is 0 Å². The van der Waals surface area contributed by atoms with Crippen LogP contribution in [0.25, 0.3) is 4.72 Å². The largest absolute Gasteiger partial charge is 0.541 e. The SMILES string of the molecule is CCC(C)(C)C(=O)OCCNC(=O)NCCCOCCOCCOCCC[N-]S(=O)(=O)C(F)(F)F. The summed E-state index contributed by atoms with van der Waals surface area (Å²) in [4.78, 5) is 23.4. The van der Waals surface area contributed by atoms with E-state index in [4.69, 9.17) is 18.9 Å². The molecular formula is C20H37F3N3O8S-. The molecule has 2 N–H and O–H groups in total. The van der Waals surface area contributed by atoms with Crippen LogP contribution in [0.4, 0.5) is 18.0 Å². The normalized spacial score (nSPS) is 12.4. The van der Waals surface area contributed by atoms with Gasteiger partial charge in [-0.15, -0.1) is 6.54 Å². The van der Waals surface area contributed by atoms with Crippen LogP contribution >= 0.6 is 0 Å². The minimum atomic E-state index is -5.44. The number of esters is 1. The summed E-state index contributed by atoms with van der Waals surface area (Å²) < 4.78 is 81.1. The number of hydrogen-bond acceptors (Lipinski definition) is 8. The summed E-state index contributed by atoms with van der Waals surface area (Å²) in [6.45, 7) is 7.26. The number of rotatable bonds is 20. The van der Waals surface area contributed by atoms with E-state index >= 15 is 0 Å². The van der Waals surface area contributed by atoms with Gasteiger partial charge < -0.3 is 34.3 Å². The smallest absolute Gasteiger partial charge is 0.480 e. The second kappa shape index (κ2) is 17.7. The minimum absolute atomic E-state index is 0.0369. The van der Waals surface area contributed by atoms with Gasteiger partial charge in [-0.2, -0.15) is 13.2 Å². The molecule has 0 radical (unpaired) electrons. The number of urea groups is 1. The topological polar surface area (TPSA) is 143 Å². The van der Waals surface area contributed by atoms with Gasteiger partial charge in [0.25, 0.3) is 0 Å². The van der Waals surface area contributed by atoms with Crippen molar-refractivity contribution < 1.29 is 50.1 Å². The van der Waals surface area contributed by atoms with Crippen LogP contribution in [0.1, 0.15) is 40.0 Å². The molecule has 0 fully saturated rings. The Bertz CT molecular complexity index is 706. The molecule has 0 spiro atoms. The maximum absolute atomic E-state index is 12.1. The molecule has 0 aromatic heterocycles. The number of sulfonamides is 1. The van der Waals surface area contributed by atoms with E-state index in [1.165, 1.54) is 0 Å². The molecule has 35 heavy (non-hydrogen) atoms. The van der Waals surface area contributed by atoms with E-state index in [9.17, 15) is 31.2 Å². The maximum atomic E-state index is 12.1. The number of ether oxygens (including phenoxy) is 4. The van der Waals surface area contributed by atoms with Gasteiger partial charge in [0.2, 0.25) is 0 Å². The lowest BCUT2D eigenvalue weighted by molar-refractivity contribution is -0.153. The summed E-state index contributed by atoms with van der Waals surface area (Å²) in [5.74, 6) is -0.301. The summed E-state index contributed by atoms with van der Waals surface area (Å²) in [5, 5.41) is 5.24. The van der Waals surface area contributed by atoms with Crippen LogP contribution in [-0.2, 0) is 33.8 Å². The molecule has 0 atom stereocenters. The van der Waals surface area contributed by atoms with Crippen molar-refractivity contribution in [3.8, 4) is 0 Å². The highest BCUT2D eigenvalue weighted by atomic mass is 32.2. The van der Waals surface area contributed by atoms with Crippen molar-refractivity contribution in [1.82, 2.24) is 10.6 Å². The van der Waals surface area contributed by atoms with Gasteiger partial charge in [0.15, 0.2) is 10.0 Å². The van der Waals surface area contributed by atoms with E-state index in [0.29, 0.717) is 39.2 Å². The zero-order valence-corrected chi connectivity index (χ0v) is 21.3. The highest BCUT2D eigenvalue weighted by Crippen LogP contribution is 2.27. The number of amides is 2. The Morgan fingerprint density at radius 1 is 0.829 bits per heavy atom. The molecule has 0 aromatic rings. The van der Waals surface area contributed by atoms with Crippen LogP contribution in [0, 0.1) is 5.41 Å². The van der Waals surface area contributed by atoms with Gasteiger partial charge in [0, 0.05) is 19.8 Å². The molecule has 0 rings (SSSR count). The number of hydrogen-bond donors (Lipinski definition) is 2. The number of carbonyl (C=O) groups excluding carboxylic acids is 2. The second-order valence-corrected chi connectivity index (χ2v) is 9.55. The third-order valence-corrected chi connectivity index (χ3v) is 5.66. The van der Waals surface area contributed by atoms with Crippen molar-refractivity contribution in [1.29, 1.82) is 0 Å². The van der Waals surface area contributed by atoms with E-state index in [2.05, 4.69) is 15.4 Å². The molecule has 0 heterocycles. The molecule has 11 nitrogen and oxygen atoms in total. The van der Waals surface area contributed by atoms with Gasteiger partial charge in [-0.05, 0) is 33.1 Å². The van der Waals surface area contributed by atoms with Crippen LogP contribution in [0.15, 0.2) is 0 Å². The number of halogens is 3. The van der Waals surface area contributed by atoms with Crippen molar-refractivity contribution in [3.63, 3.8) is 0 Å². The number of nitrogens with zero attached hydrogens (tertiary/aromatic N) is 1. The summed E-state index contributed by atoms with van der Waals surface area (Å²) in [5.41, 5.74) is -5.92. The first-order valence-electron chi connectivity index (χ1n) is 11.3. The maximum Gasteiger partial charge on any atom is 0.480 e. The lowest BCUT2D eigenvalue weighted by atomic mass is 9.91. The van der Waals surface area contributed by atoms with Crippen molar-refractivity contribution in [2.75, 3.05) is 65.9 Å². The van der Waals surface area contributed by atoms with E-state index in [-0.39, 0.29) is 51.4 Å².